The van der Waals surface area contributed by atoms with Gasteiger partial charge in [0.05, 0.1) is 37.1 Å². The van der Waals surface area contributed by atoms with Crippen molar-refractivity contribution < 1.29 is 46.2 Å². The fourth-order valence-electron chi connectivity index (χ4n) is 6.77. The first-order valence-electron chi connectivity index (χ1n) is 18.2. The van der Waals surface area contributed by atoms with Crippen LogP contribution in [-0.2, 0) is 29.1 Å². The zero-order chi connectivity index (χ0) is 40.1. The van der Waals surface area contributed by atoms with Gasteiger partial charge in [-0.1, -0.05) is 26.8 Å². The van der Waals surface area contributed by atoms with Gasteiger partial charge in [-0.25, -0.2) is 18.2 Å². The molecule has 1 aromatic carbocycles. The number of hydrogen-bond acceptors (Lipinski definition) is 11. The number of nitrogens with one attached hydrogen (secondary N) is 3. The first-order valence-corrected chi connectivity index (χ1v) is 19.8. The molecule has 1 aliphatic heterocycles. The molecular formula is C39H49N5O10S. The third-order valence-corrected chi connectivity index (χ3v) is 11.8. The summed E-state index contributed by atoms with van der Waals surface area (Å²) >= 11 is 0. The lowest BCUT2D eigenvalue weighted by Gasteiger charge is -2.36. The minimum atomic E-state index is -3.92. The molecule has 0 spiro atoms. The highest BCUT2D eigenvalue weighted by atomic mass is 32.2. The lowest BCUT2D eigenvalue weighted by atomic mass is 9.85. The summed E-state index contributed by atoms with van der Waals surface area (Å²) in [5, 5.41) is 6.25. The molecule has 16 heteroatoms. The number of alkyl carbamates (subject to hydrolysis) is 1. The fraction of sp³-hybridized carbons (Fsp3) is 0.513. The standard InChI is InChI=1S/C39H49N5O10S/c1-9-24-19-39(24,35(47)43-55(49,50)27-11-12-27)42-32(45)30-18-26(20-44(30)34(46)31(37(2,3)4)41-36(48)54-38(5,6)7)53-33-28-13-10-25(51-8)16-23(28)17-29(40-33)22-14-15-52-21-22/h9-10,13-17,21,24,26-27,30-31H,1,11-12,18-20H2,2-8H3,(H,41,48)(H,42,45)(H,43,47)/t24-,26-,30+,31-,39-/m1/s1. The summed E-state index contributed by atoms with van der Waals surface area (Å²) in [5.41, 5.74) is -2.01. The van der Waals surface area contributed by atoms with Crippen molar-refractivity contribution in [3.63, 3.8) is 0 Å². The summed E-state index contributed by atoms with van der Waals surface area (Å²) in [6.07, 6.45) is 3.97. The molecule has 5 atom stereocenters. The van der Waals surface area contributed by atoms with Crippen molar-refractivity contribution in [1.29, 1.82) is 0 Å². The second-order valence-corrected chi connectivity index (χ2v) is 18.5. The predicted molar refractivity (Wildman–Crippen MR) is 202 cm³/mol. The Morgan fingerprint density at radius 3 is 2.40 bits per heavy atom. The van der Waals surface area contributed by atoms with E-state index >= 15 is 0 Å². The molecule has 6 rings (SSSR count). The highest BCUT2D eigenvalue weighted by Gasteiger charge is 2.62. The van der Waals surface area contributed by atoms with E-state index in [1.54, 1.807) is 73.1 Å². The van der Waals surface area contributed by atoms with Gasteiger partial charge in [-0.05, 0) is 81.2 Å². The second-order valence-electron chi connectivity index (χ2n) is 16.5. The minimum absolute atomic E-state index is 0.0209. The van der Waals surface area contributed by atoms with Gasteiger partial charge in [0.25, 0.3) is 5.91 Å². The first-order chi connectivity index (χ1) is 25.7. The molecule has 2 saturated carbocycles. The van der Waals surface area contributed by atoms with Crippen molar-refractivity contribution in [2.75, 3.05) is 13.7 Å². The Balaban J connectivity index is 1.34. The number of amides is 4. The van der Waals surface area contributed by atoms with Gasteiger partial charge in [-0.2, -0.15) is 0 Å². The van der Waals surface area contributed by atoms with Crippen LogP contribution in [0.15, 0.2) is 59.9 Å². The molecule has 296 valence electrons. The topological polar surface area (TPSA) is 195 Å². The fourth-order valence-corrected chi connectivity index (χ4v) is 8.13. The number of carbonyl (C=O) groups is 4. The molecule has 3 aliphatic rings. The van der Waals surface area contributed by atoms with Crippen molar-refractivity contribution in [1.82, 2.24) is 25.2 Å². The highest BCUT2D eigenvalue weighted by molar-refractivity contribution is 7.91. The Morgan fingerprint density at radius 2 is 1.82 bits per heavy atom. The van der Waals surface area contributed by atoms with Crippen LogP contribution < -0.4 is 24.8 Å². The molecule has 2 aromatic heterocycles. The number of ether oxygens (including phenoxy) is 3. The normalized spacial score (nSPS) is 23.0. The summed E-state index contributed by atoms with van der Waals surface area (Å²) in [7, 11) is -2.36. The Bertz CT molecular complexity index is 2100. The maximum atomic E-state index is 14.6. The molecular weight excluding hydrogens is 731 g/mol. The average Bonchev–Trinajstić information content (AvgIpc) is 3.97. The van der Waals surface area contributed by atoms with Gasteiger partial charge in [-0.3, -0.25) is 19.1 Å². The molecule has 3 aromatic rings. The molecule has 3 fully saturated rings. The Kier molecular flexibility index (Phi) is 10.4. The van der Waals surface area contributed by atoms with E-state index in [1.807, 2.05) is 12.1 Å². The van der Waals surface area contributed by atoms with Crippen LogP contribution in [0.2, 0.25) is 0 Å². The van der Waals surface area contributed by atoms with Crippen LogP contribution >= 0.6 is 0 Å². The number of sulfonamides is 1. The van der Waals surface area contributed by atoms with Crippen LogP contribution in [-0.4, -0.2) is 90.3 Å². The third-order valence-electron chi connectivity index (χ3n) is 9.97. The van der Waals surface area contributed by atoms with Crippen LogP contribution in [0, 0.1) is 11.3 Å². The lowest BCUT2D eigenvalue weighted by Crippen LogP contribution is -2.60. The summed E-state index contributed by atoms with van der Waals surface area (Å²) < 4.78 is 50.4. The van der Waals surface area contributed by atoms with Gasteiger partial charge in [0.2, 0.25) is 27.7 Å². The molecule has 0 bridgehead atoms. The van der Waals surface area contributed by atoms with Gasteiger partial charge >= 0.3 is 6.09 Å². The first kappa shape index (κ1) is 39.6. The molecule has 0 unspecified atom stereocenters. The van der Waals surface area contributed by atoms with Crippen molar-refractivity contribution in [3.05, 3.63) is 55.5 Å². The van der Waals surface area contributed by atoms with E-state index in [1.165, 1.54) is 17.2 Å². The van der Waals surface area contributed by atoms with Gasteiger partial charge in [0.1, 0.15) is 35.1 Å². The highest BCUT2D eigenvalue weighted by Crippen LogP contribution is 2.46. The third kappa shape index (κ3) is 8.58. The van der Waals surface area contributed by atoms with E-state index in [4.69, 9.17) is 23.6 Å². The number of aromatic nitrogens is 1. The molecule has 3 N–H and O–H groups in total. The van der Waals surface area contributed by atoms with Crippen LogP contribution in [0.4, 0.5) is 4.79 Å². The van der Waals surface area contributed by atoms with E-state index in [9.17, 15) is 27.6 Å². The number of methoxy groups -OCH3 is 1. The summed E-state index contributed by atoms with van der Waals surface area (Å²) in [4.78, 5) is 61.7. The van der Waals surface area contributed by atoms with E-state index < -0.39 is 79.7 Å². The largest absolute Gasteiger partial charge is 0.497 e. The predicted octanol–water partition coefficient (Wildman–Crippen LogP) is 4.46. The number of likely N-dealkylation sites (tertiary alicyclic amines) is 1. The SMILES string of the molecule is C=C[C@@H]1C[C@]1(NC(=O)[C@@H]1C[C@@H](Oc2nc(-c3ccoc3)cc3cc(OC)ccc23)CN1C(=O)[C@@H](NC(=O)OC(C)(C)C)C(C)(C)C)C(=O)NS(=O)(=O)C1CC1. The van der Waals surface area contributed by atoms with Gasteiger partial charge in [0.15, 0.2) is 0 Å². The summed E-state index contributed by atoms with van der Waals surface area (Å²) in [6, 6.07) is 6.70. The monoisotopic (exact) mass is 779 g/mol. The van der Waals surface area contributed by atoms with Crippen LogP contribution in [0.3, 0.4) is 0 Å². The maximum absolute atomic E-state index is 14.6. The Hall–Kier alpha value is -5.12. The number of rotatable bonds is 12. The van der Waals surface area contributed by atoms with Crippen LogP contribution in [0.1, 0.15) is 67.2 Å². The number of pyridine rings is 1. The number of furan rings is 1. The second kappa shape index (κ2) is 14.5. The smallest absolute Gasteiger partial charge is 0.408 e. The van der Waals surface area contributed by atoms with Gasteiger partial charge in [-0.15, -0.1) is 6.58 Å². The number of carbonyl (C=O) groups excluding carboxylic acids is 4. The number of fused-ring (bicyclic) bond motifs is 1. The zero-order valence-electron chi connectivity index (χ0n) is 32.1. The van der Waals surface area contributed by atoms with Crippen molar-refractivity contribution in [3.8, 4) is 22.9 Å². The molecule has 55 heavy (non-hydrogen) atoms. The maximum Gasteiger partial charge on any atom is 0.408 e. The quantitative estimate of drug-likeness (QED) is 0.220. The van der Waals surface area contributed by atoms with Gasteiger partial charge in [0, 0.05) is 23.3 Å². The minimum Gasteiger partial charge on any atom is -0.497 e. The number of benzene rings is 1. The number of nitrogens with zero attached hydrogens (tertiary/aromatic N) is 2. The van der Waals surface area contributed by atoms with Crippen LogP contribution in [0.5, 0.6) is 11.6 Å². The van der Waals surface area contributed by atoms with Crippen molar-refractivity contribution in [2.45, 2.75) is 102 Å². The van der Waals surface area contributed by atoms with Gasteiger partial charge < -0.3 is 34.2 Å². The zero-order valence-corrected chi connectivity index (χ0v) is 32.9. The van der Waals surface area contributed by atoms with E-state index in [0.29, 0.717) is 35.2 Å². The Morgan fingerprint density at radius 1 is 1.09 bits per heavy atom. The average molecular weight is 780 g/mol. The van der Waals surface area contributed by atoms with E-state index in [2.05, 4.69) is 21.9 Å². The summed E-state index contributed by atoms with van der Waals surface area (Å²) in [5.74, 6) is -1.82. The van der Waals surface area contributed by atoms with Crippen LogP contribution in [0.25, 0.3) is 22.0 Å². The molecule has 1 saturated heterocycles. The molecule has 15 nitrogen and oxygen atoms in total. The molecule has 2 aliphatic carbocycles. The van der Waals surface area contributed by atoms with E-state index in [-0.39, 0.29) is 25.3 Å². The summed E-state index contributed by atoms with van der Waals surface area (Å²) in [6.45, 7) is 14.1. The number of hydrogen-bond donors (Lipinski definition) is 3. The van der Waals surface area contributed by atoms with Crippen molar-refractivity contribution >= 4 is 44.6 Å². The molecule has 3 heterocycles. The molecule has 4 amide bonds. The van der Waals surface area contributed by atoms with Crippen molar-refractivity contribution in [2.24, 2.45) is 11.3 Å². The Labute approximate surface area is 320 Å². The molecule has 0 radical (unpaired) electrons. The lowest BCUT2D eigenvalue weighted by molar-refractivity contribution is -0.143. The van der Waals surface area contributed by atoms with E-state index in [0.717, 1.165) is 5.39 Å².